The number of hydrogen-bond acceptors (Lipinski definition) is 3. The first kappa shape index (κ1) is 9.15. The largest absolute Gasteiger partial charge is 0.483 e. The van der Waals surface area contributed by atoms with E-state index < -0.39 is 5.91 Å². The first-order valence-corrected chi connectivity index (χ1v) is 2.59. The van der Waals surface area contributed by atoms with Gasteiger partial charge in [0, 0.05) is 6.20 Å². The minimum Gasteiger partial charge on any atom is -0.483 e. The SMILES string of the molecule is NC(=O)c1cc[nH]n1.O=CO. The Morgan fingerprint density at radius 1 is 1.82 bits per heavy atom. The number of carbonyl (C=O) groups is 2. The van der Waals surface area contributed by atoms with Crippen LogP contribution in [-0.2, 0) is 4.79 Å². The van der Waals surface area contributed by atoms with Crippen molar-refractivity contribution in [1.29, 1.82) is 0 Å². The number of nitrogens with one attached hydrogen (secondary N) is 1. The lowest BCUT2D eigenvalue weighted by molar-refractivity contribution is -0.122. The summed E-state index contributed by atoms with van der Waals surface area (Å²) in [5.41, 5.74) is 5.11. The van der Waals surface area contributed by atoms with Gasteiger partial charge in [-0.2, -0.15) is 5.10 Å². The van der Waals surface area contributed by atoms with Gasteiger partial charge in [0.05, 0.1) is 0 Å². The van der Waals surface area contributed by atoms with Crippen LogP contribution < -0.4 is 5.73 Å². The molecule has 0 bridgehead atoms. The van der Waals surface area contributed by atoms with E-state index in [1.165, 1.54) is 6.07 Å². The predicted molar refractivity (Wildman–Crippen MR) is 35.8 cm³/mol. The lowest BCUT2D eigenvalue weighted by Crippen LogP contribution is -2.10. The van der Waals surface area contributed by atoms with E-state index >= 15 is 0 Å². The summed E-state index contributed by atoms with van der Waals surface area (Å²) in [6, 6.07) is 1.52. The van der Waals surface area contributed by atoms with Crippen molar-refractivity contribution in [1.82, 2.24) is 10.2 Å². The zero-order valence-electron chi connectivity index (χ0n) is 5.52. The van der Waals surface area contributed by atoms with Crippen LogP contribution in [0.5, 0.6) is 0 Å². The standard InChI is InChI=1S/C4H5N3O.CH2O2/c5-4(8)3-1-2-6-7-3;2-1-3/h1-2H,(H2,5,8)(H,6,7);1H,(H,2,3). The molecule has 0 aliphatic rings. The van der Waals surface area contributed by atoms with Crippen LogP contribution in [0.25, 0.3) is 0 Å². The molecule has 0 radical (unpaired) electrons. The van der Waals surface area contributed by atoms with Gasteiger partial charge in [0.15, 0.2) is 0 Å². The van der Waals surface area contributed by atoms with Crippen LogP contribution in [-0.4, -0.2) is 27.7 Å². The van der Waals surface area contributed by atoms with Crippen molar-refractivity contribution in [3.05, 3.63) is 18.0 Å². The summed E-state index contributed by atoms with van der Waals surface area (Å²) in [4.78, 5) is 18.6. The van der Waals surface area contributed by atoms with E-state index in [0.717, 1.165) is 0 Å². The van der Waals surface area contributed by atoms with Crippen LogP contribution in [0, 0.1) is 0 Å². The van der Waals surface area contributed by atoms with Gasteiger partial charge in [0.2, 0.25) is 0 Å². The molecule has 0 aromatic carbocycles. The lowest BCUT2D eigenvalue weighted by Gasteiger charge is -1.78. The molecular weight excluding hydrogens is 150 g/mol. The number of H-pyrrole nitrogens is 1. The predicted octanol–water partition coefficient (Wildman–Crippen LogP) is -0.791. The minimum atomic E-state index is -0.508. The van der Waals surface area contributed by atoms with Gasteiger partial charge in [0.25, 0.3) is 12.4 Å². The van der Waals surface area contributed by atoms with Gasteiger partial charge in [-0.15, -0.1) is 0 Å². The molecule has 0 fully saturated rings. The first-order chi connectivity index (χ1) is 5.22. The highest BCUT2D eigenvalue weighted by atomic mass is 16.3. The number of rotatable bonds is 1. The van der Waals surface area contributed by atoms with E-state index in [4.69, 9.17) is 15.6 Å². The highest BCUT2D eigenvalue weighted by Gasteiger charge is 1.97. The number of aromatic amines is 1. The van der Waals surface area contributed by atoms with Gasteiger partial charge in [-0.05, 0) is 6.07 Å². The zero-order chi connectivity index (χ0) is 8.69. The maximum Gasteiger partial charge on any atom is 0.290 e. The molecule has 1 heterocycles. The molecule has 0 saturated carbocycles. The molecule has 60 valence electrons. The van der Waals surface area contributed by atoms with Crippen molar-refractivity contribution in [2.24, 2.45) is 5.73 Å². The molecule has 11 heavy (non-hydrogen) atoms. The molecule has 0 atom stereocenters. The Morgan fingerprint density at radius 3 is 2.55 bits per heavy atom. The number of aromatic nitrogens is 2. The maximum absolute atomic E-state index is 10.2. The maximum atomic E-state index is 10.2. The van der Waals surface area contributed by atoms with Gasteiger partial charge in [0.1, 0.15) is 5.69 Å². The van der Waals surface area contributed by atoms with Crippen molar-refractivity contribution in [3.8, 4) is 0 Å². The fourth-order valence-corrected chi connectivity index (χ4v) is 0.398. The Labute approximate surface area is 62.0 Å². The fraction of sp³-hybridized carbons (Fsp3) is 0. The van der Waals surface area contributed by atoms with E-state index in [1.54, 1.807) is 6.20 Å². The third-order valence-corrected chi connectivity index (χ3v) is 0.753. The normalized spacial score (nSPS) is 7.64. The number of carbonyl (C=O) groups excluding carboxylic acids is 1. The second-order valence-electron chi connectivity index (χ2n) is 1.43. The number of amides is 1. The molecule has 0 unspecified atom stereocenters. The average molecular weight is 157 g/mol. The van der Waals surface area contributed by atoms with Gasteiger partial charge < -0.3 is 10.8 Å². The van der Waals surface area contributed by atoms with E-state index in [2.05, 4.69) is 10.2 Å². The Bertz CT molecular complexity index is 219. The topological polar surface area (TPSA) is 109 Å². The summed E-state index contributed by atoms with van der Waals surface area (Å²) in [5.74, 6) is -0.508. The zero-order valence-corrected chi connectivity index (χ0v) is 5.52. The van der Waals surface area contributed by atoms with Gasteiger partial charge in [-0.1, -0.05) is 0 Å². The molecule has 0 saturated heterocycles. The Kier molecular flexibility index (Phi) is 4.14. The summed E-state index contributed by atoms with van der Waals surface area (Å²) < 4.78 is 0. The average Bonchev–Trinajstić information content (AvgIpc) is 2.38. The summed E-state index contributed by atoms with van der Waals surface area (Å²) in [7, 11) is 0. The summed E-state index contributed by atoms with van der Waals surface area (Å²) in [5, 5.41) is 12.9. The van der Waals surface area contributed by atoms with Crippen molar-refractivity contribution >= 4 is 12.4 Å². The van der Waals surface area contributed by atoms with Crippen LogP contribution in [0.1, 0.15) is 10.5 Å². The molecule has 1 aromatic rings. The van der Waals surface area contributed by atoms with Crippen LogP contribution in [0.15, 0.2) is 12.3 Å². The van der Waals surface area contributed by atoms with E-state index in [1.807, 2.05) is 0 Å². The number of primary amides is 1. The molecule has 1 aromatic heterocycles. The molecule has 0 aliphatic heterocycles. The van der Waals surface area contributed by atoms with Crippen LogP contribution in [0.4, 0.5) is 0 Å². The van der Waals surface area contributed by atoms with E-state index in [-0.39, 0.29) is 12.2 Å². The molecule has 1 amide bonds. The Balaban J connectivity index is 0.000000292. The molecule has 4 N–H and O–H groups in total. The molecule has 0 aliphatic carbocycles. The third-order valence-electron chi connectivity index (χ3n) is 0.753. The first-order valence-electron chi connectivity index (χ1n) is 2.59. The minimum absolute atomic E-state index is 0.250. The highest BCUT2D eigenvalue weighted by Crippen LogP contribution is 1.85. The summed E-state index contributed by atoms with van der Waals surface area (Å²) >= 11 is 0. The van der Waals surface area contributed by atoms with Gasteiger partial charge in [-0.3, -0.25) is 14.7 Å². The molecule has 1 rings (SSSR count). The van der Waals surface area contributed by atoms with Crippen molar-refractivity contribution < 1.29 is 14.7 Å². The van der Waals surface area contributed by atoms with Gasteiger partial charge >= 0.3 is 0 Å². The smallest absolute Gasteiger partial charge is 0.290 e. The quantitative estimate of drug-likeness (QED) is 0.464. The van der Waals surface area contributed by atoms with Crippen molar-refractivity contribution in [3.63, 3.8) is 0 Å². The number of carboxylic acid groups (broad SMARTS) is 1. The fourth-order valence-electron chi connectivity index (χ4n) is 0.398. The summed E-state index contributed by atoms with van der Waals surface area (Å²) in [6.45, 7) is -0.250. The van der Waals surface area contributed by atoms with Crippen LogP contribution in [0.3, 0.4) is 0 Å². The van der Waals surface area contributed by atoms with E-state index in [9.17, 15) is 4.79 Å². The highest BCUT2D eigenvalue weighted by molar-refractivity contribution is 5.90. The van der Waals surface area contributed by atoms with Crippen LogP contribution >= 0.6 is 0 Å². The Morgan fingerprint density at radius 2 is 2.36 bits per heavy atom. The number of nitrogens with zero attached hydrogens (tertiary/aromatic N) is 1. The van der Waals surface area contributed by atoms with Crippen molar-refractivity contribution in [2.75, 3.05) is 0 Å². The second-order valence-corrected chi connectivity index (χ2v) is 1.43. The number of hydrogen-bond donors (Lipinski definition) is 3. The number of nitrogens with two attached hydrogens (primary N) is 1. The van der Waals surface area contributed by atoms with E-state index in [0.29, 0.717) is 0 Å². The molecular formula is C5H7N3O3. The second kappa shape index (κ2) is 4.98. The van der Waals surface area contributed by atoms with Crippen molar-refractivity contribution in [2.45, 2.75) is 0 Å². The van der Waals surface area contributed by atoms with Crippen LogP contribution in [0.2, 0.25) is 0 Å². The Hall–Kier alpha value is -1.85. The molecule has 0 spiro atoms. The molecule has 6 nitrogen and oxygen atoms in total. The molecule has 6 heteroatoms. The lowest BCUT2D eigenvalue weighted by atomic mass is 10.4. The van der Waals surface area contributed by atoms with Gasteiger partial charge in [-0.25, -0.2) is 0 Å². The monoisotopic (exact) mass is 157 g/mol. The third kappa shape index (κ3) is 3.68. The summed E-state index contributed by atoms with van der Waals surface area (Å²) in [6.07, 6.45) is 1.54.